The Hall–Kier alpha value is -3.75. The van der Waals surface area contributed by atoms with Gasteiger partial charge < -0.3 is 9.64 Å². The molecule has 0 radical (unpaired) electrons. The lowest BCUT2D eigenvalue weighted by Crippen LogP contribution is -2.48. The van der Waals surface area contributed by atoms with E-state index in [2.05, 4.69) is 10.1 Å². The Labute approximate surface area is 196 Å². The number of hydrogen-bond acceptors (Lipinski definition) is 6. The molecule has 0 aliphatic carbocycles. The summed E-state index contributed by atoms with van der Waals surface area (Å²) < 4.78 is 8.01. The molecule has 0 N–H and O–H groups in total. The molecule has 5 rings (SSSR count). The summed E-state index contributed by atoms with van der Waals surface area (Å²) in [7, 11) is 1.60. The molecule has 34 heavy (non-hydrogen) atoms. The van der Waals surface area contributed by atoms with Gasteiger partial charge in [-0.1, -0.05) is 18.2 Å². The van der Waals surface area contributed by atoms with Gasteiger partial charge in [-0.3, -0.25) is 23.9 Å². The van der Waals surface area contributed by atoms with Crippen LogP contribution in [-0.4, -0.2) is 50.3 Å². The van der Waals surface area contributed by atoms with Crippen LogP contribution in [0.25, 0.3) is 0 Å². The first-order chi connectivity index (χ1) is 16.5. The van der Waals surface area contributed by atoms with Crippen molar-refractivity contribution in [2.75, 3.05) is 20.2 Å². The largest absolute Gasteiger partial charge is 0.497 e. The fourth-order valence-corrected chi connectivity index (χ4v) is 5.01. The van der Waals surface area contributed by atoms with Gasteiger partial charge in [-0.15, -0.1) is 0 Å². The lowest BCUT2D eigenvalue weighted by Gasteiger charge is -2.38. The molecular formula is C25H27N5O4. The average Bonchev–Trinajstić information content (AvgIpc) is 3.21. The minimum atomic E-state index is -0.611. The second-order valence-electron chi connectivity index (χ2n) is 9.00. The summed E-state index contributed by atoms with van der Waals surface area (Å²) in [6.07, 6.45) is 4.16. The van der Waals surface area contributed by atoms with Crippen molar-refractivity contribution in [3.63, 3.8) is 0 Å². The Kier molecular flexibility index (Phi) is 5.77. The Morgan fingerprint density at radius 1 is 1.00 bits per heavy atom. The number of methoxy groups -OCH3 is 1. The number of aromatic nitrogens is 4. The molecule has 1 aromatic carbocycles. The van der Waals surface area contributed by atoms with E-state index in [0.29, 0.717) is 38.3 Å². The van der Waals surface area contributed by atoms with Crippen molar-refractivity contribution in [1.29, 1.82) is 0 Å². The highest BCUT2D eigenvalue weighted by atomic mass is 16.5. The lowest BCUT2D eigenvalue weighted by molar-refractivity contribution is -0.132. The van der Waals surface area contributed by atoms with Gasteiger partial charge in [0.05, 0.1) is 20.1 Å². The zero-order chi connectivity index (χ0) is 23.7. The Balaban J connectivity index is 1.35. The number of carbonyl (C=O) groups excluding carboxylic acids is 1. The van der Waals surface area contributed by atoms with E-state index < -0.39 is 11.1 Å². The van der Waals surface area contributed by atoms with Gasteiger partial charge in [0.1, 0.15) is 11.6 Å². The molecule has 1 spiro atoms. The summed E-state index contributed by atoms with van der Waals surface area (Å²) in [4.78, 5) is 44.5. The molecule has 2 aliphatic rings. The van der Waals surface area contributed by atoms with E-state index in [0.717, 1.165) is 23.4 Å². The van der Waals surface area contributed by atoms with Crippen LogP contribution in [0, 0.1) is 0 Å². The van der Waals surface area contributed by atoms with Crippen LogP contribution in [0.1, 0.15) is 36.3 Å². The van der Waals surface area contributed by atoms with Crippen molar-refractivity contribution in [3.05, 3.63) is 86.5 Å². The summed E-state index contributed by atoms with van der Waals surface area (Å²) in [5, 5.41) is 4.69. The normalized spacial score (nSPS) is 16.4. The summed E-state index contributed by atoms with van der Waals surface area (Å²) in [6, 6.07) is 12.9. The third-order valence-corrected chi connectivity index (χ3v) is 7.05. The van der Waals surface area contributed by atoms with Crippen LogP contribution >= 0.6 is 0 Å². The number of pyridine rings is 1. The van der Waals surface area contributed by atoms with Crippen LogP contribution in [0.5, 0.6) is 5.75 Å². The molecule has 1 fully saturated rings. The van der Waals surface area contributed by atoms with E-state index in [4.69, 9.17) is 4.74 Å². The average molecular weight is 462 g/mol. The minimum Gasteiger partial charge on any atom is -0.497 e. The first kappa shape index (κ1) is 22.1. The van der Waals surface area contributed by atoms with E-state index in [-0.39, 0.29) is 24.3 Å². The Morgan fingerprint density at radius 3 is 2.41 bits per heavy atom. The second-order valence-corrected chi connectivity index (χ2v) is 9.00. The molecule has 3 aromatic rings. The van der Waals surface area contributed by atoms with Gasteiger partial charge in [-0.05, 0) is 49.1 Å². The second kappa shape index (κ2) is 8.89. The SMILES string of the molecule is COc1ccc(Cn2nc3n(c(=O)c2=O)CCC32CCN(C(=O)Cc3ccccn3)CC2)cc1. The smallest absolute Gasteiger partial charge is 0.332 e. The maximum Gasteiger partial charge on any atom is 0.332 e. The first-order valence-electron chi connectivity index (χ1n) is 11.5. The minimum absolute atomic E-state index is 0.0568. The molecule has 2 aliphatic heterocycles. The van der Waals surface area contributed by atoms with Gasteiger partial charge in [0.2, 0.25) is 5.91 Å². The number of likely N-dealkylation sites (tertiary alicyclic amines) is 1. The van der Waals surface area contributed by atoms with Crippen LogP contribution in [0.2, 0.25) is 0 Å². The Bertz CT molecular complexity index is 1310. The molecule has 0 saturated carbocycles. The number of ether oxygens (including phenoxy) is 1. The van der Waals surface area contributed by atoms with Crippen LogP contribution in [-0.2, 0) is 29.7 Å². The fourth-order valence-electron chi connectivity index (χ4n) is 5.01. The highest BCUT2D eigenvalue weighted by Gasteiger charge is 2.45. The molecule has 0 atom stereocenters. The molecule has 1 amide bonds. The number of benzene rings is 1. The molecular weight excluding hydrogens is 434 g/mol. The molecule has 176 valence electrons. The highest BCUT2D eigenvalue weighted by Crippen LogP contribution is 2.41. The van der Waals surface area contributed by atoms with Crippen molar-refractivity contribution in [1.82, 2.24) is 24.2 Å². The summed E-state index contributed by atoms with van der Waals surface area (Å²) in [6.45, 7) is 1.90. The van der Waals surface area contributed by atoms with E-state index in [1.807, 2.05) is 47.4 Å². The quantitative estimate of drug-likeness (QED) is 0.532. The standard InChI is InChI=1S/C25H27N5O4/c1-34-20-7-5-18(6-8-20)17-30-23(33)22(32)29-15-11-25(24(29)27-30)9-13-28(14-10-25)21(31)16-19-4-2-3-12-26-19/h2-8,12H,9-11,13-17H2,1H3. The maximum atomic E-state index is 12.9. The zero-order valence-corrected chi connectivity index (χ0v) is 19.1. The van der Waals surface area contributed by atoms with Gasteiger partial charge >= 0.3 is 11.1 Å². The number of carbonyl (C=O) groups is 1. The van der Waals surface area contributed by atoms with E-state index in [9.17, 15) is 14.4 Å². The van der Waals surface area contributed by atoms with Crippen molar-refractivity contribution >= 4 is 5.91 Å². The number of piperidine rings is 1. The van der Waals surface area contributed by atoms with Gasteiger partial charge in [0.25, 0.3) is 0 Å². The van der Waals surface area contributed by atoms with Crippen molar-refractivity contribution in [2.45, 2.75) is 44.2 Å². The third-order valence-electron chi connectivity index (χ3n) is 7.05. The summed E-state index contributed by atoms with van der Waals surface area (Å²) in [5.74, 6) is 1.45. The van der Waals surface area contributed by atoms with E-state index >= 15 is 0 Å². The van der Waals surface area contributed by atoms with Crippen molar-refractivity contribution in [3.8, 4) is 5.75 Å². The molecule has 0 bridgehead atoms. The number of amides is 1. The van der Waals surface area contributed by atoms with Crippen LogP contribution < -0.4 is 15.9 Å². The zero-order valence-electron chi connectivity index (χ0n) is 19.1. The first-order valence-corrected chi connectivity index (χ1v) is 11.5. The summed E-state index contributed by atoms with van der Waals surface area (Å²) >= 11 is 0. The van der Waals surface area contributed by atoms with Crippen molar-refractivity contribution in [2.24, 2.45) is 0 Å². The van der Waals surface area contributed by atoms with Crippen molar-refractivity contribution < 1.29 is 9.53 Å². The predicted octanol–water partition coefficient (Wildman–Crippen LogP) is 1.36. The number of fused-ring (bicyclic) bond motifs is 2. The van der Waals surface area contributed by atoms with Gasteiger partial charge in [-0.2, -0.15) is 5.10 Å². The van der Waals surface area contributed by atoms with Crippen LogP contribution in [0.15, 0.2) is 58.3 Å². The molecule has 1 saturated heterocycles. The third kappa shape index (κ3) is 4.02. The Morgan fingerprint density at radius 2 is 1.74 bits per heavy atom. The maximum absolute atomic E-state index is 12.9. The summed E-state index contributed by atoms with van der Waals surface area (Å²) in [5.41, 5.74) is 0.191. The molecule has 0 unspecified atom stereocenters. The van der Waals surface area contributed by atoms with E-state index in [1.165, 1.54) is 9.25 Å². The monoisotopic (exact) mass is 461 g/mol. The van der Waals surface area contributed by atoms with E-state index in [1.54, 1.807) is 13.3 Å². The predicted molar refractivity (Wildman–Crippen MR) is 125 cm³/mol. The van der Waals surface area contributed by atoms with Gasteiger partial charge in [0, 0.05) is 36.9 Å². The molecule has 9 nitrogen and oxygen atoms in total. The number of hydrogen-bond donors (Lipinski definition) is 0. The van der Waals surface area contributed by atoms with Gasteiger partial charge in [0.15, 0.2) is 0 Å². The highest BCUT2D eigenvalue weighted by molar-refractivity contribution is 5.78. The van der Waals surface area contributed by atoms with Crippen LogP contribution in [0.3, 0.4) is 0 Å². The molecule has 9 heteroatoms. The molecule has 2 aromatic heterocycles. The topological polar surface area (TPSA) is 99.3 Å². The molecule has 4 heterocycles. The number of nitrogens with zero attached hydrogens (tertiary/aromatic N) is 5. The van der Waals surface area contributed by atoms with Gasteiger partial charge in [-0.25, -0.2) is 4.68 Å². The fraction of sp³-hybridized carbons (Fsp3) is 0.400. The number of rotatable bonds is 5. The lowest BCUT2D eigenvalue weighted by atomic mass is 9.76. The van der Waals surface area contributed by atoms with Crippen LogP contribution in [0.4, 0.5) is 0 Å².